The first-order chi connectivity index (χ1) is 9.58. The lowest BCUT2D eigenvalue weighted by molar-refractivity contribution is 0.0313. The monoisotopic (exact) mass is 310 g/mol. The lowest BCUT2D eigenvalue weighted by Gasteiger charge is -2.25. The number of carbonyl (C=O) groups is 1. The normalized spacial score (nSPS) is 11.6. The summed E-state index contributed by atoms with van der Waals surface area (Å²) in [5, 5.41) is 19.5. The van der Waals surface area contributed by atoms with Crippen LogP contribution in [0.4, 0.5) is 0 Å². The molecule has 2 aromatic rings. The summed E-state index contributed by atoms with van der Waals surface area (Å²) < 4.78 is 0. The van der Waals surface area contributed by atoms with Gasteiger partial charge in [-0.15, -0.1) is 11.3 Å². The van der Waals surface area contributed by atoms with Crippen LogP contribution in [0.2, 0.25) is 0 Å². The zero-order valence-corrected chi connectivity index (χ0v) is 13.2. The lowest BCUT2D eigenvalue weighted by atomic mass is 9.97. The number of thiophene rings is 1. The van der Waals surface area contributed by atoms with Gasteiger partial charge in [0, 0.05) is 22.9 Å². The fourth-order valence-electron chi connectivity index (χ4n) is 1.73. The van der Waals surface area contributed by atoms with Gasteiger partial charge < -0.3 is 10.4 Å². The van der Waals surface area contributed by atoms with Crippen LogP contribution in [0.5, 0.6) is 0 Å². The summed E-state index contributed by atoms with van der Waals surface area (Å²) >= 11 is 3.06. The molecule has 0 aromatic carbocycles. The molecule has 2 N–H and O–H groups in total. The van der Waals surface area contributed by atoms with Crippen LogP contribution in [0.1, 0.15) is 37.2 Å². The Hall–Kier alpha value is -1.24. The molecule has 0 aliphatic carbocycles. The van der Waals surface area contributed by atoms with Gasteiger partial charge in [-0.05, 0) is 24.3 Å². The van der Waals surface area contributed by atoms with Gasteiger partial charge in [-0.2, -0.15) is 11.3 Å². The van der Waals surface area contributed by atoms with Gasteiger partial charge in [0.2, 0.25) is 0 Å². The number of aromatic nitrogens is 1. The van der Waals surface area contributed by atoms with E-state index in [2.05, 4.69) is 10.3 Å². The van der Waals surface area contributed by atoms with Gasteiger partial charge in [0.05, 0.1) is 5.60 Å². The SMILES string of the molecule is CCC(O)(CC)CNC(=O)c1csc(-c2ccsc2)n1. The molecule has 108 valence electrons. The minimum Gasteiger partial charge on any atom is -0.388 e. The average Bonchev–Trinajstić information content (AvgIpc) is 3.14. The second-order valence-corrected chi connectivity index (χ2v) is 6.30. The third kappa shape index (κ3) is 3.45. The van der Waals surface area contributed by atoms with Crippen molar-refractivity contribution in [3.8, 4) is 10.6 Å². The van der Waals surface area contributed by atoms with Crippen LogP contribution in [-0.4, -0.2) is 28.1 Å². The zero-order valence-electron chi connectivity index (χ0n) is 11.5. The minimum atomic E-state index is -0.831. The number of carbonyl (C=O) groups excluding carboxylic acids is 1. The topological polar surface area (TPSA) is 62.2 Å². The third-order valence-corrected chi connectivity index (χ3v) is 4.97. The Morgan fingerprint density at radius 3 is 2.75 bits per heavy atom. The fraction of sp³-hybridized carbons (Fsp3) is 0.429. The molecule has 0 saturated carbocycles. The van der Waals surface area contributed by atoms with Crippen molar-refractivity contribution < 1.29 is 9.90 Å². The Morgan fingerprint density at radius 1 is 1.40 bits per heavy atom. The number of nitrogens with zero attached hydrogens (tertiary/aromatic N) is 1. The molecule has 0 aliphatic heterocycles. The molecule has 0 bridgehead atoms. The molecule has 20 heavy (non-hydrogen) atoms. The maximum absolute atomic E-state index is 12.0. The van der Waals surface area contributed by atoms with Crippen molar-refractivity contribution in [2.24, 2.45) is 0 Å². The van der Waals surface area contributed by atoms with Crippen molar-refractivity contribution in [3.63, 3.8) is 0 Å². The van der Waals surface area contributed by atoms with E-state index >= 15 is 0 Å². The minimum absolute atomic E-state index is 0.233. The molecule has 0 fully saturated rings. The maximum atomic E-state index is 12.0. The lowest BCUT2D eigenvalue weighted by Crippen LogP contribution is -2.42. The first-order valence-corrected chi connectivity index (χ1v) is 8.39. The zero-order chi connectivity index (χ0) is 14.6. The van der Waals surface area contributed by atoms with E-state index in [0.717, 1.165) is 10.6 Å². The van der Waals surface area contributed by atoms with Gasteiger partial charge in [-0.25, -0.2) is 4.98 Å². The Balaban J connectivity index is 2.00. The molecule has 1 amide bonds. The summed E-state index contributed by atoms with van der Waals surface area (Å²) in [5.41, 5.74) is 0.616. The Kier molecular flexibility index (Phi) is 4.91. The largest absolute Gasteiger partial charge is 0.388 e. The van der Waals surface area contributed by atoms with Crippen molar-refractivity contribution in [3.05, 3.63) is 27.9 Å². The quantitative estimate of drug-likeness (QED) is 0.861. The number of rotatable bonds is 6. The number of hydrogen-bond acceptors (Lipinski definition) is 5. The summed E-state index contributed by atoms with van der Waals surface area (Å²) in [6, 6.07) is 1.98. The molecular formula is C14H18N2O2S2. The smallest absolute Gasteiger partial charge is 0.270 e. The van der Waals surface area contributed by atoms with Crippen LogP contribution in [-0.2, 0) is 0 Å². The molecule has 0 aliphatic rings. The molecular weight excluding hydrogens is 292 g/mol. The first-order valence-electron chi connectivity index (χ1n) is 6.56. The van der Waals surface area contributed by atoms with Crippen molar-refractivity contribution in [2.75, 3.05) is 6.54 Å². The van der Waals surface area contributed by atoms with E-state index < -0.39 is 5.60 Å². The Morgan fingerprint density at radius 2 is 2.15 bits per heavy atom. The summed E-state index contributed by atoms with van der Waals surface area (Å²) in [5.74, 6) is -0.233. The van der Waals surface area contributed by atoms with Crippen LogP contribution in [0, 0.1) is 0 Å². The van der Waals surface area contributed by atoms with Crippen LogP contribution < -0.4 is 5.32 Å². The maximum Gasteiger partial charge on any atom is 0.270 e. The Labute approximate surface area is 126 Å². The second-order valence-electron chi connectivity index (χ2n) is 4.66. The average molecular weight is 310 g/mol. The van der Waals surface area contributed by atoms with Crippen LogP contribution in [0.3, 0.4) is 0 Å². The predicted molar refractivity (Wildman–Crippen MR) is 83.3 cm³/mol. The number of amides is 1. The van der Waals surface area contributed by atoms with Gasteiger partial charge in [0.25, 0.3) is 5.91 Å². The molecule has 0 atom stereocenters. The van der Waals surface area contributed by atoms with Gasteiger partial charge in [-0.3, -0.25) is 4.79 Å². The molecule has 0 spiro atoms. The van der Waals surface area contributed by atoms with E-state index in [9.17, 15) is 9.90 Å². The van der Waals surface area contributed by atoms with Crippen molar-refractivity contribution >= 4 is 28.6 Å². The highest BCUT2D eigenvalue weighted by Gasteiger charge is 2.23. The predicted octanol–water partition coefficient (Wildman–Crippen LogP) is 3.15. The highest BCUT2D eigenvalue weighted by molar-refractivity contribution is 7.14. The Bertz CT molecular complexity index is 560. The van der Waals surface area contributed by atoms with Crippen LogP contribution in [0.25, 0.3) is 10.6 Å². The summed E-state index contributed by atoms with van der Waals surface area (Å²) in [4.78, 5) is 16.4. The van der Waals surface area contributed by atoms with Crippen LogP contribution in [0.15, 0.2) is 22.2 Å². The van der Waals surface area contributed by atoms with Crippen LogP contribution >= 0.6 is 22.7 Å². The molecule has 0 unspecified atom stereocenters. The molecule has 6 heteroatoms. The summed E-state index contributed by atoms with van der Waals surface area (Å²) in [6.07, 6.45) is 1.22. The first kappa shape index (κ1) is 15.2. The van der Waals surface area contributed by atoms with Gasteiger partial charge in [0.15, 0.2) is 0 Å². The van der Waals surface area contributed by atoms with Gasteiger partial charge >= 0.3 is 0 Å². The molecule has 2 heterocycles. The van der Waals surface area contributed by atoms with Crippen molar-refractivity contribution in [1.29, 1.82) is 0 Å². The number of thiazole rings is 1. The molecule has 4 nitrogen and oxygen atoms in total. The van der Waals surface area contributed by atoms with E-state index in [1.54, 1.807) is 16.7 Å². The molecule has 0 radical (unpaired) electrons. The summed E-state index contributed by atoms with van der Waals surface area (Å²) in [7, 11) is 0. The van der Waals surface area contributed by atoms with Gasteiger partial charge in [0.1, 0.15) is 10.7 Å². The molecule has 2 aromatic heterocycles. The molecule has 0 saturated heterocycles. The summed E-state index contributed by atoms with van der Waals surface area (Å²) in [6.45, 7) is 4.07. The fourth-order valence-corrected chi connectivity index (χ4v) is 3.24. The van der Waals surface area contributed by atoms with E-state index in [1.165, 1.54) is 11.3 Å². The van der Waals surface area contributed by atoms with E-state index in [-0.39, 0.29) is 12.5 Å². The second kappa shape index (κ2) is 6.47. The van der Waals surface area contributed by atoms with Crippen molar-refractivity contribution in [1.82, 2.24) is 10.3 Å². The standard InChI is InChI=1S/C14H18N2O2S2/c1-3-14(18,4-2)9-15-12(17)11-8-20-13(16-11)10-5-6-19-7-10/h5-8,18H,3-4,9H2,1-2H3,(H,15,17). The number of hydrogen-bond donors (Lipinski definition) is 2. The molecule has 2 rings (SSSR count). The van der Waals surface area contributed by atoms with Crippen molar-refractivity contribution in [2.45, 2.75) is 32.3 Å². The highest BCUT2D eigenvalue weighted by Crippen LogP contribution is 2.25. The third-order valence-electron chi connectivity index (χ3n) is 3.40. The highest BCUT2D eigenvalue weighted by atomic mass is 32.1. The van der Waals surface area contributed by atoms with Gasteiger partial charge in [-0.1, -0.05) is 13.8 Å². The van der Waals surface area contributed by atoms with E-state index in [0.29, 0.717) is 18.5 Å². The van der Waals surface area contributed by atoms with E-state index in [4.69, 9.17) is 0 Å². The number of aliphatic hydroxyl groups is 1. The number of nitrogens with one attached hydrogen (secondary N) is 1. The van der Waals surface area contributed by atoms with E-state index in [1.807, 2.05) is 30.7 Å².